The maximum absolute atomic E-state index is 6.16. The van der Waals surface area contributed by atoms with E-state index in [0.717, 1.165) is 11.9 Å². The minimum absolute atomic E-state index is 0.843. The van der Waals surface area contributed by atoms with E-state index < -0.39 is 6.69 Å². The van der Waals surface area contributed by atoms with Gasteiger partial charge in [0.15, 0.2) is 0 Å². The topological polar surface area (TPSA) is 0 Å². The van der Waals surface area contributed by atoms with Gasteiger partial charge in [-0.05, 0) is 19.0 Å². The first-order valence-corrected chi connectivity index (χ1v) is 22.8. The van der Waals surface area contributed by atoms with Gasteiger partial charge in [0.2, 0.25) is 6.69 Å². The molecule has 0 aliphatic heterocycles. The zero-order chi connectivity index (χ0) is 27.8. The highest BCUT2D eigenvalue weighted by atomic mass is 35.7. The Hall–Kier alpha value is 1.09. The summed E-state index contributed by atoms with van der Waals surface area (Å²) in [6.45, 7) is 0.200. The lowest BCUT2D eigenvalue weighted by molar-refractivity contribution is 0.513. The Morgan fingerprint density at radius 3 is 0.605 bits per heavy atom. The smallest absolute Gasteiger partial charge is 0.146 e. The van der Waals surface area contributed by atoms with Crippen LogP contribution in [0.3, 0.4) is 0 Å². The van der Waals surface area contributed by atoms with Crippen molar-refractivity contribution < 1.29 is 0 Å². The highest BCUT2D eigenvalue weighted by Crippen LogP contribution is 2.23. The number of hydrogen-bond acceptors (Lipinski definition) is 0. The van der Waals surface area contributed by atoms with Crippen LogP contribution in [0.2, 0.25) is 12.6 Å². The van der Waals surface area contributed by atoms with E-state index in [2.05, 4.69) is 0 Å². The van der Waals surface area contributed by atoms with Gasteiger partial charge < -0.3 is 0 Å². The normalized spacial score (nSPS) is 12.0. The van der Waals surface area contributed by atoms with Gasteiger partial charge in [-0.15, -0.1) is 33.8 Å². The van der Waals surface area contributed by atoms with Crippen molar-refractivity contribution in [3.63, 3.8) is 0 Å². The Balaban J connectivity index is 3.04. The van der Waals surface area contributed by atoms with E-state index in [4.69, 9.17) is 33.8 Å². The van der Waals surface area contributed by atoms with E-state index in [1.54, 1.807) is 0 Å². The molecule has 0 unspecified atom stereocenters. The van der Waals surface area contributed by atoms with Crippen LogP contribution in [0.25, 0.3) is 0 Å². The Labute approximate surface area is 256 Å². The first-order chi connectivity index (χ1) is 18.6. The van der Waals surface area contributed by atoms with Crippen LogP contribution < -0.4 is 0 Å². The molecule has 0 aliphatic rings. The summed E-state index contributed by atoms with van der Waals surface area (Å²) in [5.74, 6) is 0.843. The Morgan fingerprint density at radius 2 is 0.447 bits per heavy atom. The average molecular weight is 612 g/mol. The van der Waals surface area contributed by atoms with Gasteiger partial charge >= 0.3 is 0 Å². The van der Waals surface area contributed by atoms with E-state index in [9.17, 15) is 0 Å². The molecular weight excluding hydrogens is 543 g/mol. The molecule has 0 aliphatic carbocycles. The SMILES string of the molecule is C[Si](Cl)(Cl)CCCCCCCCCCCCCCCCCCCCCCCCCCCCCCCCCCl. The van der Waals surface area contributed by atoms with Crippen LogP contribution in [0.1, 0.15) is 199 Å². The molecular formula is C34H69Cl3Si. The predicted octanol–water partition coefficient (Wildman–Crippen LogP) is 14.9. The second-order valence-corrected chi connectivity index (χ2v) is 21.1. The molecule has 38 heavy (non-hydrogen) atoms. The van der Waals surface area contributed by atoms with Crippen LogP contribution in [0.5, 0.6) is 0 Å². The molecule has 0 atom stereocenters. The number of alkyl halides is 1. The molecule has 4 heteroatoms. The first kappa shape index (κ1) is 39.1. The second kappa shape index (κ2) is 32.6. The van der Waals surface area contributed by atoms with Crippen molar-refractivity contribution in [2.45, 2.75) is 212 Å². The highest BCUT2D eigenvalue weighted by Gasteiger charge is 2.19. The zero-order valence-corrected chi connectivity index (χ0v) is 29.2. The third-order valence-corrected chi connectivity index (χ3v) is 10.9. The van der Waals surface area contributed by atoms with Gasteiger partial charge in [0.25, 0.3) is 0 Å². The Kier molecular flexibility index (Phi) is 33.5. The molecule has 0 bridgehead atoms. The maximum atomic E-state index is 6.16. The fourth-order valence-electron chi connectivity index (χ4n) is 5.66. The molecule has 0 heterocycles. The van der Waals surface area contributed by atoms with Crippen molar-refractivity contribution >= 4 is 40.5 Å². The molecule has 0 spiro atoms. The van der Waals surface area contributed by atoms with Crippen LogP contribution in [0, 0.1) is 0 Å². The van der Waals surface area contributed by atoms with Gasteiger partial charge in [-0.3, -0.25) is 0 Å². The summed E-state index contributed by atoms with van der Waals surface area (Å²) in [5, 5.41) is 0. The fourth-order valence-corrected chi connectivity index (χ4v) is 7.52. The van der Waals surface area contributed by atoms with Crippen molar-refractivity contribution in [1.82, 2.24) is 0 Å². The standard InChI is InChI=1S/C34H69Cl3Si/c1-38(36,37)34-32-30-28-26-24-22-20-18-16-14-12-10-8-6-4-2-3-5-7-9-11-13-15-17-19-21-23-25-27-29-31-33-35/h2-34H2,1H3. The first-order valence-electron chi connectivity index (χ1n) is 17.5. The lowest BCUT2D eigenvalue weighted by Crippen LogP contribution is -2.11. The molecule has 0 radical (unpaired) electrons. The third-order valence-electron chi connectivity index (χ3n) is 8.25. The van der Waals surface area contributed by atoms with E-state index in [1.165, 1.54) is 199 Å². The summed E-state index contributed by atoms with van der Waals surface area (Å²) in [6.07, 6.45) is 44.4. The molecule has 0 saturated carbocycles. The molecule has 0 N–H and O–H groups in total. The maximum Gasteiger partial charge on any atom is 0.248 e. The van der Waals surface area contributed by atoms with Gasteiger partial charge in [-0.1, -0.05) is 193 Å². The largest absolute Gasteiger partial charge is 0.248 e. The van der Waals surface area contributed by atoms with E-state index in [1.807, 2.05) is 6.55 Å². The van der Waals surface area contributed by atoms with Crippen molar-refractivity contribution in [3.05, 3.63) is 0 Å². The zero-order valence-electron chi connectivity index (χ0n) is 26.0. The monoisotopic (exact) mass is 610 g/mol. The van der Waals surface area contributed by atoms with Gasteiger partial charge in [0.05, 0.1) is 0 Å². The Morgan fingerprint density at radius 1 is 0.289 bits per heavy atom. The lowest BCUT2D eigenvalue weighted by Gasteiger charge is -2.09. The number of unbranched alkanes of at least 4 members (excludes halogenated alkanes) is 30. The van der Waals surface area contributed by atoms with Crippen molar-refractivity contribution in [3.8, 4) is 0 Å². The van der Waals surface area contributed by atoms with Gasteiger partial charge in [0.1, 0.15) is 0 Å². The van der Waals surface area contributed by atoms with E-state index in [0.29, 0.717) is 0 Å². The summed E-state index contributed by atoms with van der Waals surface area (Å²) >= 11 is 18.0. The van der Waals surface area contributed by atoms with Crippen LogP contribution in [0.15, 0.2) is 0 Å². The summed E-state index contributed by atoms with van der Waals surface area (Å²) in [6, 6.07) is 1.06. The molecule has 0 fully saturated rings. The fraction of sp³-hybridized carbons (Fsp3) is 1.00. The second-order valence-electron chi connectivity index (χ2n) is 12.5. The lowest BCUT2D eigenvalue weighted by atomic mass is 10.0. The van der Waals surface area contributed by atoms with Crippen molar-refractivity contribution in [2.24, 2.45) is 0 Å². The van der Waals surface area contributed by atoms with E-state index >= 15 is 0 Å². The van der Waals surface area contributed by atoms with Crippen LogP contribution in [-0.4, -0.2) is 12.6 Å². The molecule has 230 valence electrons. The minimum atomic E-state index is -1.84. The number of rotatable bonds is 33. The van der Waals surface area contributed by atoms with Crippen molar-refractivity contribution in [2.75, 3.05) is 5.88 Å². The van der Waals surface area contributed by atoms with Crippen LogP contribution in [0.4, 0.5) is 0 Å². The summed E-state index contributed by atoms with van der Waals surface area (Å²) in [7, 11) is 0. The van der Waals surface area contributed by atoms with E-state index in [-0.39, 0.29) is 0 Å². The minimum Gasteiger partial charge on any atom is -0.146 e. The molecule has 0 nitrogen and oxygen atoms in total. The number of hydrogen-bond donors (Lipinski definition) is 0. The summed E-state index contributed by atoms with van der Waals surface area (Å²) < 4.78 is 0. The van der Waals surface area contributed by atoms with Gasteiger partial charge in [-0.2, -0.15) is 0 Å². The third kappa shape index (κ3) is 37.1. The quantitative estimate of drug-likeness (QED) is 0.0299. The highest BCUT2D eigenvalue weighted by molar-refractivity contribution is 7.44. The van der Waals surface area contributed by atoms with Crippen molar-refractivity contribution in [1.29, 1.82) is 0 Å². The molecule has 0 amide bonds. The van der Waals surface area contributed by atoms with Crippen LogP contribution >= 0.6 is 33.8 Å². The number of halogens is 3. The van der Waals surface area contributed by atoms with Gasteiger partial charge in [0, 0.05) is 5.88 Å². The van der Waals surface area contributed by atoms with Gasteiger partial charge in [-0.25, -0.2) is 0 Å². The predicted molar refractivity (Wildman–Crippen MR) is 182 cm³/mol. The molecule has 0 aromatic carbocycles. The molecule has 0 rings (SSSR count). The molecule has 0 aromatic rings. The summed E-state index contributed by atoms with van der Waals surface area (Å²) in [4.78, 5) is 0. The molecule has 0 saturated heterocycles. The average Bonchev–Trinajstić information content (AvgIpc) is 2.88. The Bertz CT molecular complexity index is 424. The van der Waals surface area contributed by atoms with Crippen LogP contribution in [-0.2, 0) is 0 Å². The summed E-state index contributed by atoms with van der Waals surface area (Å²) in [5.41, 5.74) is 0. The molecule has 0 aromatic heterocycles.